The number of nitrogens with two attached hydrogens (primary N) is 1. The number of carbonyl (C=O) groups is 6. The molecule has 2 saturated carbocycles. The molecule has 228 valence electrons. The summed E-state index contributed by atoms with van der Waals surface area (Å²) in [6.07, 6.45) is 0.931. The van der Waals surface area contributed by atoms with Crippen molar-refractivity contribution in [3.05, 3.63) is 22.8 Å². The molecule has 0 heterocycles. The van der Waals surface area contributed by atoms with Gasteiger partial charge in [-0.2, -0.15) is 0 Å². The average Bonchev–Trinajstić information content (AvgIpc) is 2.89. The number of benzene rings is 1. The van der Waals surface area contributed by atoms with Crippen LogP contribution in [0, 0.1) is 23.7 Å². The number of nitrogens with one attached hydrogen (secondary N) is 1. The zero-order valence-corrected chi connectivity index (χ0v) is 24.4. The highest BCUT2D eigenvalue weighted by atomic mass is 16.5. The molecule has 6 atom stereocenters. The number of phenolic OH excluding ortho intramolecular Hbond substituents is 1. The van der Waals surface area contributed by atoms with Gasteiger partial charge in [0.2, 0.25) is 5.91 Å². The molecule has 1 aromatic carbocycles. The van der Waals surface area contributed by atoms with Crippen molar-refractivity contribution in [1.82, 2.24) is 10.2 Å². The lowest BCUT2D eigenvalue weighted by molar-refractivity contribution is -0.181. The van der Waals surface area contributed by atoms with Crippen LogP contribution in [-0.2, 0) is 36.9 Å². The van der Waals surface area contributed by atoms with Crippen LogP contribution in [0.2, 0.25) is 0 Å². The van der Waals surface area contributed by atoms with Crippen LogP contribution in [0.25, 0.3) is 0 Å². The second-order valence-electron chi connectivity index (χ2n) is 11.8. The van der Waals surface area contributed by atoms with Crippen LogP contribution in [-0.4, -0.2) is 96.7 Å². The zero-order chi connectivity index (χ0) is 31.3. The molecule has 5 N–H and O–H groups in total. The fraction of sp³-hybridized carbons (Fsp3) is 0.586. The number of nitrogens with zero attached hydrogens (tertiary/aromatic N) is 2. The summed E-state index contributed by atoms with van der Waals surface area (Å²) in [6, 6.07) is 0.474. The minimum Gasteiger partial charge on any atom is -0.507 e. The second kappa shape index (κ2) is 11.4. The van der Waals surface area contributed by atoms with Gasteiger partial charge in [0.1, 0.15) is 5.75 Å². The van der Waals surface area contributed by atoms with E-state index in [0.29, 0.717) is 17.7 Å². The number of carbonyl (C=O) groups excluding carboxylic acids is 6. The first kappa shape index (κ1) is 31.1. The summed E-state index contributed by atoms with van der Waals surface area (Å²) in [5, 5.41) is 25.5. The highest BCUT2D eigenvalue weighted by Gasteiger charge is 2.69. The Hall–Kier alpha value is -3.84. The van der Waals surface area contributed by atoms with Gasteiger partial charge >= 0.3 is 6.09 Å². The number of rotatable bonds is 8. The SMILES string of the molecule is CCCCOC(=O)NCc1cc(N(C)C)c2c(c1O)C(=O)C1C(=O)[C@]3(O)C(=O)C(C(N)=O)C(=O)[C@@H](N(C)C)[C@@H]3C[C@@H]1C2. The van der Waals surface area contributed by atoms with Crippen LogP contribution in [0.5, 0.6) is 5.75 Å². The zero-order valence-electron chi connectivity index (χ0n) is 24.4. The van der Waals surface area contributed by atoms with Gasteiger partial charge in [0.15, 0.2) is 34.7 Å². The van der Waals surface area contributed by atoms with Crippen molar-refractivity contribution in [2.45, 2.75) is 50.8 Å². The number of hydrogen-bond donors (Lipinski definition) is 4. The van der Waals surface area contributed by atoms with Crippen LogP contribution in [0.15, 0.2) is 6.07 Å². The van der Waals surface area contributed by atoms with Crippen LogP contribution in [0.1, 0.15) is 47.7 Å². The summed E-state index contributed by atoms with van der Waals surface area (Å²) < 4.78 is 5.10. The highest BCUT2D eigenvalue weighted by Crippen LogP contribution is 2.52. The first-order valence-corrected chi connectivity index (χ1v) is 14.0. The highest BCUT2D eigenvalue weighted by molar-refractivity contribution is 6.32. The van der Waals surface area contributed by atoms with Gasteiger partial charge in [0.05, 0.1) is 24.1 Å². The molecule has 42 heavy (non-hydrogen) atoms. The summed E-state index contributed by atoms with van der Waals surface area (Å²) in [7, 11) is 6.56. The third-order valence-electron chi connectivity index (χ3n) is 8.75. The molecule has 0 bridgehead atoms. The number of ether oxygens (including phenoxy) is 1. The fourth-order valence-corrected chi connectivity index (χ4v) is 6.77. The maximum Gasteiger partial charge on any atom is 0.407 e. The van der Waals surface area contributed by atoms with E-state index in [9.17, 15) is 39.0 Å². The Balaban J connectivity index is 1.77. The molecule has 0 spiro atoms. The molecule has 2 fully saturated rings. The summed E-state index contributed by atoms with van der Waals surface area (Å²) >= 11 is 0. The molecule has 1 aromatic rings. The molecule has 3 aliphatic carbocycles. The molecule has 2 amide bonds. The van der Waals surface area contributed by atoms with Gasteiger partial charge in [-0.15, -0.1) is 0 Å². The first-order chi connectivity index (χ1) is 19.7. The number of anilines is 1. The lowest BCUT2D eigenvalue weighted by Crippen LogP contribution is -2.74. The van der Waals surface area contributed by atoms with Crippen LogP contribution in [0.4, 0.5) is 10.5 Å². The lowest BCUT2D eigenvalue weighted by Gasteiger charge is -2.52. The number of primary amides is 1. The number of fused-ring (bicyclic) bond motifs is 3. The fourth-order valence-electron chi connectivity index (χ4n) is 6.77. The Labute approximate surface area is 243 Å². The predicted octanol–water partition coefficient (Wildman–Crippen LogP) is -0.0407. The smallest absolute Gasteiger partial charge is 0.407 e. The van der Waals surface area contributed by atoms with Crippen LogP contribution < -0.4 is 16.0 Å². The maximum atomic E-state index is 14.0. The van der Waals surface area contributed by atoms with E-state index in [0.717, 1.165) is 6.42 Å². The Morgan fingerprint density at radius 3 is 2.38 bits per heavy atom. The van der Waals surface area contributed by atoms with Crippen LogP contribution >= 0.6 is 0 Å². The number of aromatic hydroxyl groups is 1. The molecule has 13 heteroatoms. The topological polar surface area (TPSA) is 197 Å². The number of unbranched alkanes of at least 4 members (excludes halogenated alkanes) is 1. The third-order valence-corrected chi connectivity index (χ3v) is 8.75. The number of aliphatic hydroxyl groups is 1. The number of amides is 2. The molecule has 0 aliphatic heterocycles. The molecule has 0 saturated heterocycles. The van der Waals surface area contributed by atoms with Gasteiger partial charge in [-0.25, -0.2) is 4.79 Å². The van der Waals surface area contributed by atoms with E-state index in [1.165, 1.54) is 19.0 Å². The summed E-state index contributed by atoms with van der Waals surface area (Å²) in [5.41, 5.74) is 3.69. The molecule has 0 radical (unpaired) electrons. The third kappa shape index (κ3) is 4.83. The molecule has 3 aliphatic rings. The molecule has 4 rings (SSSR count). The number of ketones is 4. The van der Waals surface area contributed by atoms with Gasteiger partial charge in [-0.3, -0.25) is 28.9 Å². The van der Waals surface area contributed by atoms with Crippen molar-refractivity contribution < 1.29 is 43.7 Å². The lowest BCUT2D eigenvalue weighted by atomic mass is 9.52. The monoisotopic (exact) mass is 586 g/mol. The Bertz CT molecular complexity index is 1360. The van der Waals surface area contributed by atoms with Crippen LogP contribution in [0.3, 0.4) is 0 Å². The van der Waals surface area contributed by atoms with E-state index < -0.39 is 76.2 Å². The van der Waals surface area contributed by atoms with E-state index in [1.807, 2.05) is 6.92 Å². The largest absolute Gasteiger partial charge is 0.507 e. The van der Waals surface area contributed by atoms with Crippen molar-refractivity contribution in [2.75, 3.05) is 39.7 Å². The van der Waals surface area contributed by atoms with E-state index in [-0.39, 0.29) is 37.1 Å². The number of phenols is 1. The van der Waals surface area contributed by atoms with E-state index in [4.69, 9.17) is 10.5 Å². The van der Waals surface area contributed by atoms with E-state index in [1.54, 1.807) is 25.1 Å². The number of hydrogen-bond acceptors (Lipinski definition) is 11. The Morgan fingerprint density at radius 1 is 1.14 bits per heavy atom. The molecule has 2 unspecified atom stereocenters. The number of Topliss-reactive ketones (excluding diaryl/α,β-unsaturated/α-hetero) is 4. The van der Waals surface area contributed by atoms with Gasteiger partial charge in [-0.05, 0) is 50.9 Å². The summed E-state index contributed by atoms with van der Waals surface area (Å²) in [6.45, 7) is 2.01. The first-order valence-electron chi connectivity index (χ1n) is 14.0. The van der Waals surface area contributed by atoms with Crippen molar-refractivity contribution in [3.8, 4) is 5.75 Å². The Morgan fingerprint density at radius 2 is 1.81 bits per heavy atom. The molecular weight excluding hydrogens is 548 g/mol. The Kier molecular flexibility index (Phi) is 8.47. The van der Waals surface area contributed by atoms with Gasteiger partial charge in [-0.1, -0.05) is 13.3 Å². The van der Waals surface area contributed by atoms with Gasteiger partial charge < -0.3 is 30.9 Å². The number of alkyl carbamates (subject to hydrolysis) is 1. The standard InChI is InChI=1S/C29H38N4O9/c1-6-7-8-42-28(40)31-12-14-11-17(32(2)3)15-9-13-10-16-21(33(4)5)24(36)20(27(30)39)26(38)29(16,41)25(37)18(13)23(35)19(15)22(14)34/h11,13,16,18,20-21,34,41H,6-10,12H2,1-5H3,(H2,30,39)(H,31,40)/t13-,16-,18?,20?,21-,29-/m0/s1. The second-order valence-corrected chi connectivity index (χ2v) is 11.8. The van der Waals surface area contributed by atoms with Crippen molar-refractivity contribution in [2.24, 2.45) is 29.4 Å². The molecular formula is C29H38N4O9. The quantitative estimate of drug-likeness (QED) is 0.236. The minimum atomic E-state index is -2.79. The van der Waals surface area contributed by atoms with Crippen molar-refractivity contribution in [3.63, 3.8) is 0 Å². The van der Waals surface area contributed by atoms with Gasteiger partial charge in [0, 0.05) is 37.8 Å². The normalized spacial score (nSPS) is 28.6. The minimum absolute atomic E-state index is 0.0373. The molecule has 0 aromatic heterocycles. The summed E-state index contributed by atoms with van der Waals surface area (Å²) in [5.74, 6) is -11.1. The van der Waals surface area contributed by atoms with E-state index >= 15 is 0 Å². The average molecular weight is 587 g/mol. The molecule has 13 nitrogen and oxygen atoms in total. The maximum absolute atomic E-state index is 14.0. The number of likely N-dealkylation sites (N-methyl/N-ethyl adjacent to an activating group) is 1. The van der Waals surface area contributed by atoms with E-state index in [2.05, 4.69) is 5.32 Å². The van der Waals surface area contributed by atoms with Crippen molar-refractivity contribution >= 4 is 40.8 Å². The van der Waals surface area contributed by atoms with Crippen molar-refractivity contribution in [1.29, 1.82) is 0 Å². The predicted molar refractivity (Wildman–Crippen MR) is 149 cm³/mol. The van der Waals surface area contributed by atoms with Gasteiger partial charge in [0.25, 0.3) is 0 Å². The summed E-state index contributed by atoms with van der Waals surface area (Å²) in [4.78, 5) is 82.1.